The molecule has 17 heavy (non-hydrogen) atoms. The van der Waals surface area contributed by atoms with E-state index in [9.17, 15) is 4.39 Å². The molecule has 0 aromatic carbocycles. The molecule has 0 saturated heterocycles. The summed E-state index contributed by atoms with van der Waals surface area (Å²) in [6.07, 6.45) is 4.17. The summed E-state index contributed by atoms with van der Waals surface area (Å²) >= 11 is 0. The van der Waals surface area contributed by atoms with Crippen molar-refractivity contribution < 1.29 is 4.39 Å². The first kappa shape index (κ1) is 11.6. The van der Waals surface area contributed by atoms with Crippen LogP contribution < -0.4 is 5.73 Å². The van der Waals surface area contributed by atoms with Crippen molar-refractivity contribution in [3.8, 4) is 5.69 Å². The first-order chi connectivity index (χ1) is 8.19. The third-order valence-electron chi connectivity index (χ3n) is 2.75. The molecule has 0 radical (unpaired) electrons. The number of halogens is 1. The molecule has 2 heterocycles. The zero-order valence-electron chi connectivity index (χ0n) is 9.94. The van der Waals surface area contributed by atoms with Crippen molar-refractivity contribution in [2.24, 2.45) is 0 Å². The highest BCUT2D eigenvalue weighted by Crippen LogP contribution is 2.23. The summed E-state index contributed by atoms with van der Waals surface area (Å²) in [5, 5.41) is 4.35. The number of nitrogens with zero attached hydrogens (tertiary/aromatic N) is 3. The van der Waals surface area contributed by atoms with Crippen molar-refractivity contribution in [3.05, 3.63) is 35.7 Å². The fraction of sp³-hybridized carbons (Fsp3) is 0.333. The second-order valence-electron chi connectivity index (χ2n) is 3.75. The minimum absolute atomic E-state index is 0.392. The largest absolute Gasteiger partial charge is 0.396 e. The van der Waals surface area contributed by atoms with Crippen LogP contribution in [0.3, 0.4) is 0 Å². The SMILES string of the molecule is CCc1nn(-c2ccncc2F)c(CC)c1N. The molecule has 0 saturated carbocycles. The summed E-state index contributed by atoms with van der Waals surface area (Å²) in [4.78, 5) is 3.73. The molecule has 2 rings (SSSR count). The van der Waals surface area contributed by atoms with Gasteiger partial charge in [0, 0.05) is 6.20 Å². The van der Waals surface area contributed by atoms with Crippen LogP contribution in [0, 0.1) is 5.82 Å². The molecule has 4 nitrogen and oxygen atoms in total. The maximum Gasteiger partial charge on any atom is 0.167 e. The van der Waals surface area contributed by atoms with E-state index >= 15 is 0 Å². The smallest absolute Gasteiger partial charge is 0.167 e. The Morgan fingerprint density at radius 2 is 2.12 bits per heavy atom. The van der Waals surface area contributed by atoms with Gasteiger partial charge < -0.3 is 5.73 Å². The van der Waals surface area contributed by atoms with E-state index in [4.69, 9.17) is 5.73 Å². The molecule has 2 aromatic heterocycles. The lowest BCUT2D eigenvalue weighted by Gasteiger charge is -2.06. The molecule has 0 atom stereocenters. The van der Waals surface area contributed by atoms with Gasteiger partial charge in [-0.25, -0.2) is 9.07 Å². The average molecular weight is 234 g/mol. The number of nitrogen functional groups attached to an aromatic ring is 1. The normalized spacial score (nSPS) is 10.8. The standard InChI is InChI=1S/C12H15FN4/c1-3-9-12(14)10(4-2)17(16-9)11-5-6-15-7-8(11)13/h5-7H,3-4,14H2,1-2H3. The Labute approximate surface area is 99.3 Å². The van der Waals surface area contributed by atoms with Crippen LogP contribution in [0.25, 0.3) is 5.69 Å². The van der Waals surface area contributed by atoms with Gasteiger partial charge >= 0.3 is 0 Å². The molecule has 0 fully saturated rings. The van der Waals surface area contributed by atoms with E-state index in [1.165, 1.54) is 6.20 Å². The van der Waals surface area contributed by atoms with Gasteiger partial charge in [-0.15, -0.1) is 0 Å². The van der Waals surface area contributed by atoms with Gasteiger partial charge in [-0.3, -0.25) is 4.98 Å². The van der Waals surface area contributed by atoms with E-state index in [2.05, 4.69) is 10.1 Å². The summed E-state index contributed by atoms with van der Waals surface area (Å²) in [7, 11) is 0. The van der Waals surface area contributed by atoms with Crippen molar-refractivity contribution in [2.45, 2.75) is 26.7 Å². The highest BCUT2D eigenvalue weighted by atomic mass is 19.1. The van der Waals surface area contributed by atoms with E-state index < -0.39 is 5.82 Å². The predicted molar refractivity (Wildman–Crippen MR) is 64.5 cm³/mol. The summed E-state index contributed by atoms with van der Waals surface area (Å²) in [6.45, 7) is 3.95. The van der Waals surface area contributed by atoms with Gasteiger partial charge in [-0.2, -0.15) is 5.10 Å². The predicted octanol–water partition coefficient (Wildman–Crippen LogP) is 2.11. The molecule has 5 heteroatoms. The Morgan fingerprint density at radius 1 is 1.35 bits per heavy atom. The Balaban J connectivity index is 2.63. The summed E-state index contributed by atoms with van der Waals surface area (Å²) < 4.78 is 15.2. The van der Waals surface area contributed by atoms with Gasteiger partial charge in [-0.05, 0) is 18.9 Å². The third-order valence-corrected chi connectivity index (χ3v) is 2.75. The van der Waals surface area contributed by atoms with Crippen LogP contribution in [0.4, 0.5) is 10.1 Å². The van der Waals surface area contributed by atoms with Gasteiger partial charge in [0.2, 0.25) is 0 Å². The van der Waals surface area contributed by atoms with Crippen molar-refractivity contribution in [1.82, 2.24) is 14.8 Å². The van der Waals surface area contributed by atoms with Crippen LogP contribution in [0.2, 0.25) is 0 Å². The lowest BCUT2D eigenvalue weighted by molar-refractivity contribution is 0.599. The van der Waals surface area contributed by atoms with Gasteiger partial charge in [0.15, 0.2) is 5.82 Å². The van der Waals surface area contributed by atoms with Gasteiger partial charge in [0.1, 0.15) is 5.69 Å². The van der Waals surface area contributed by atoms with E-state index in [0.717, 1.165) is 17.8 Å². The molecule has 2 N–H and O–H groups in total. The van der Waals surface area contributed by atoms with Crippen LogP contribution in [0.1, 0.15) is 25.2 Å². The number of pyridine rings is 1. The lowest BCUT2D eigenvalue weighted by Crippen LogP contribution is -2.05. The van der Waals surface area contributed by atoms with Crippen molar-refractivity contribution in [2.75, 3.05) is 5.73 Å². The first-order valence-corrected chi connectivity index (χ1v) is 5.65. The van der Waals surface area contributed by atoms with Crippen LogP contribution in [-0.4, -0.2) is 14.8 Å². The van der Waals surface area contributed by atoms with Crippen LogP contribution in [0.15, 0.2) is 18.5 Å². The maximum absolute atomic E-state index is 13.7. The zero-order valence-corrected chi connectivity index (χ0v) is 9.94. The summed E-state index contributed by atoms with van der Waals surface area (Å²) in [5.41, 5.74) is 8.69. The van der Waals surface area contributed by atoms with Crippen LogP contribution in [0.5, 0.6) is 0 Å². The van der Waals surface area contributed by atoms with Crippen molar-refractivity contribution >= 4 is 5.69 Å². The number of aryl methyl sites for hydroxylation is 1. The molecule has 0 unspecified atom stereocenters. The molecule has 2 aromatic rings. The van der Waals surface area contributed by atoms with Crippen LogP contribution in [-0.2, 0) is 12.8 Å². The van der Waals surface area contributed by atoms with Crippen molar-refractivity contribution in [3.63, 3.8) is 0 Å². The zero-order chi connectivity index (χ0) is 12.4. The maximum atomic E-state index is 13.7. The molecule has 0 amide bonds. The van der Waals surface area contributed by atoms with E-state index in [-0.39, 0.29) is 0 Å². The van der Waals surface area contributed by atoms with Crippen molar-refractivity contribution in [1.29, 1.82) is 0 Å². The highest BCUT2D eigenvalue weighted by Gasteiger charge is 2.15. The Hall–Kier alpha value is -1.91. The number of aromatic nitrogens is 3. The monoisotopic (exact) mass is 234 g/mol. The Kier molecular flexibility index (Phi) is 3.08. The van der Waals surface area contributed by atoms with Crippen LogP contribution >= 0.6 is 0 Å². The minimum Gasteiger partial charge on any atom is -0.396 e. The Bertz CT molecular complexity index is 533. The molecule has 0 aliphatic carbocycles. The second kappa shape index (κ2) is 4.53. The van der Waals surface area contributed by atoms with E-state index in [1.54, 1.807) is 16.9 Å². The number of hydrogen-bond acceptors (Lipinski definition) is 3. The molecular weight excluding hydrogens is 219 g/mol. The summed E-state index contributed by atoms with van der Waals surface area (Å²) in [6, 6.07) is 1.60. The number of hydrogen-bond donors (Lipinski definition) is 1. The molecule has 0 aliphatic heterocycles. The first-order valence-electron chi connectivity index (χ1n) is 5.65. The topological polar surface area (TPSA) is 56.7 Å². The molecule has 0 aliphatic rings. The lowest BCUT2D eigenvalue weighted by atomic mass is 10.2. The number of rotatable bonds is 3. The third kappa shape index (κ3) is 1.88. The highest BCUT2D eigenvalue weighted by molar-refractivity contribution is 5.51. The Morgan fingerprint density at radius 3 is 2.71 bits per heavy atom. The minimum atomic E-state index is -0.396. The quantitative estimate of drug-likeness (QED) is 0.884. The summed E-state index contributed by atoms with van der Waals surface area (Å²) in [5.74, 6) is -0.396. The van der Waals surface area contributed by atoms with E-state index in [1.807, 2.05) is 13.8 Å². The molecular formula is C12H15FN4. The number of anilines is 1. The molecule has 0 bridgehead atoms. The second-order valence-corrected chi connectivity index (χ2v) is 3.75. The number of nitrogens with two attached hydrogens (primary N) is 1. The van der Waals surface area contributed by atoms with Gasteiger partial charge in [0.05, 0.1) is 23.3 Å². The van der Waals surface area contributed by atoms with Gasteiger partial charge in [0.25, 0.3) is 0 Å². The molecule has 90 valence electrons. The molecule has 0 spiro atoms. The van der Waals surface area contributed by atoms with Gasteiger partial charge in [-0.1, -0.05) is 13.8 Å². The fourth-order valence-corrected chi connectivity index (χ4v) is 1.86. The van der Waals surface area contributed by atoms with E-state index in [0.29, 0.717) is 17.8 Å². The average Bonchev–Trinajstić information content (AvgIpc) is 2.66. The fourth-order valence-electron chi connectivity index (χ4n) is 1.86.